The van der Waals surface area contributed by atoms with Crippen LogP contribution in [0.15, 0.2) is 5.10 Å². The summed E-state index contributed by atoms with van der Waals surface area (Å²) in [5.41, 5.74) is -0.00999. The molecule has 0 rings (SSSR count). The van der Waals surface area contributed by atoms with E-state index in [1.807, 2.05) is 27.7 Å². The van der Waals surface area contributed by atoms with Gasteiger partial charge in [0.25, 0.3) is 0 Å². The summed E-state index contributed by atoms with van der Waals surface area (Å²) in [5.74, 6) is -0.339. The molecular weight excluding hydrogens is 180 g/mol. The van der Waals surface area contributed by atoms with Crippen molar-refractivity contribution >= 4 is 11.7 Å². The van der Waals surface area contributed by atoms with Gasteiger partial charge in [0.05, 0.1) is 0 Å². The van der Waals surface area contributed by atoms with Crippen molar-refractivity contribution in [2.75, 3.05) is 14.1 Å². The van der Waals surface area contributed by atoms with Crippen LogP contribution in [0.4, 0.5) is 0 Å². The lowest BCUT2D eigenvalue weighted by molar-refractivity contribution is -0.146. The van der Waals surface area contributed by atoms with Gasteiger partial charge in [-0.05, 0) is 27.2 Å². The molecule has 0 aromatic heterocycles. The molecule has 0 aliphatic heterocycles. The number of esters is 1. The fourth-order valence-corrected chi connectivity index (χ4v) is 0.834. The lowest BCUT2D eigenvalue weighted by atomic mass is 10.2. The van der Waals surface area contributed by atoms with Crippen LogP contribution < -0.4 is 0 Å². The molecule has 4 nitrogen and oxygen atoms in total. The third-order valence-electron chi connectivity index (χ3n) is 1.29. The van der Waals surface area contributed by atoms with Gasteiger partial charge in [0.1, 0.15) is 11.3 Å². The first-order valence-electron chi connectivity index (χ1n) is 4.74. The standard InChI is InChI=1S/C10H20N2O2/c1-7-8(11-12(5)6)9(13)14-10(2,3)4/h7H2,1-6H3/b11-8+. The molecule has 0 atom stereocenters. The monoisotopic (exact) mass is 200 g/mol. The third kappa shape index (κ3) is 5.56. The minimum atomic E-state index is -0.459. The van der Waals surface area contributed by atoms with Crippen LogP contribution in [0.3, 0.4) is 0 Å². The first kappa shape index (κ1) is 12.9. The Bertz CT molecular complexity index is 227. The molecule has 0 amide bonds. The zero-order valence-corrected chi connectivity index (χ0v) is 9.92. The second-order valence-corrected chi connectivity index (χ2v) is 4.25. The molecule has 0 saturated heterocycles. The molecule has 14 heavy (non-hydrogen) atoms. The van der Waals surface area contributed by atoms with E-state index < -0.39 is 5.60 Å². The van der Waals surface area contributed by atoms with Gasteiger partial charge in [0.2, 0.25) is 0 Å². The summed E-state index contributed by atoms with van der Waals surface area (Å²) < 4.78 is 5.20. The van der Waals surface area contributed by atoms with E-state index in [4.69, 9.17) is 4.74 Å². The summed E-state index contributed by atoms with van der Waals surface area (Å²) in [4.78, 5) is 11.5. The highest BCUT2D eigenvalue weighted by atomic mass is 16.6. The maximum absolute atomic E-state index is 11.5. The van der Waals surface area contributed by atoms with Crippen LogP contribution in [0.1, 0.15) is 34.1 Å². The normalized spacial score (nSPS) is 12.6. The maximum atomic E-state index is 11.5. The molecule has 0 spiro atoms. The molecule has 0 bridgehead atoms. The second-order valence-electron chi connectivity index (χ2n) is 4.25. The predicted molar refractivity (Wildman–Crippen MR) is 57.3 cm³/mol. The van der Waals surface area contributed by atoms with Crippen molar-refractivity contribution in [3.8, 4) is 0 Å². The summed E-state index contributed by atoms with van der Waals surface area (Å²) in [6, 6.07) is 0. The zero-order valence-electron chi connectivity index (χ0n) is 9.92. The third-order valence-corrected chi connectivity index (χ3v) is 1.29. The van der Waals surface area contributed by atoms with Gasteiger partial charge < -0.3 is 9.75 Å². The van der Waals surface area contributed by atoms with E-state index in [-0.39, 0.29) is 5.97 Å². The van der Waals surface area contributed by atoms with Gasteiger partial charge in [-0.3, -0.25) is 0 Å². The van der Waals surface area contributed by atoms with Gasteiger partial charge in [0.15, 0.2) is 0 Å². The van der Waals surface area contributed by atoms with Gasteiger partial charge in [-0.15, -0.1) is 0 Å². The average molecular weight is 200 g/mol. The van der Waals surface area contributed by atoms with Crippen LogP contribution in [-0.4, -0.2) is 36.4 Å². The largest absolute Gasteiger partial charge is 0.455 e. The van der Waals surface area contributed by atoms with Gasteiger partial charge in [-0.1, -0.05) is 6.92 Å². The van der Waals surface area contributed by atoms with Crippen LogP contribution in [0.25, 0.3) is 0 Å². The highest BCUT2D eigenvalue weighted by Gasteiger charge is 2.20. The number of carbonyl (C=O) groups is 1. The van der Waals surface area contributed by atoms with Gasteiger partial charge in [0, 0.05) is 14.1 Å². The average Bonchev–Trinajstić information content (AvgIpc) is 1.96. The fourth-order valence-electron chi connectivity index (χ4n) is 0.834. The highest BCUT2D eigenvalue weighted by Crippen LogP contribution is 2.08. The number of ether oxygens (including phenoxy) is 1. The lowest BCUT2D eigenvalue weighted by Gasteiger charge is -2.20. The predicted octanol–water partition coefficient (Wildman–Crippen LogP) is 1.66. The highest BCUT2D eigenvalue weighted by molar-refractivity contribution is 6.36. The molecule has 0 aliphatic carbocycles. The van der Waals surface area contributed by atoms with Crippen LogP contribution in [0, 0.1) is 0 Å². The Morgan fingerprint density at radius 3 is 2.14 bits per heavy atom. The van der Waals surface area contributed by atoms with E-state index >= 15 is 0 Å². The van der Waals surface area contributed by atoms with Crippen molar-refractivity contribution in [3.63, 3.8) is 0 Å². The molecule has 0 heterocycles. The van der Waals surface area contributed by atoms with Crippen molar-refractivity contribution in [2.24, 2.45) is 5.10 Å². The molecule has 0 radical (unpaired) electrons. The topological polar surface area (TPSA) is 41.9 Å². The van der Waals surface area contributed by atoms with E-state index in [2.05, 4.69) is 5.10 Å². The number of carbonyl (C=O) groups excluding carboxylic acids is 1. The summed E-state index contributed by atoms with van der Waals surface area (Å²) in [5, 5.41) is 5.65. The maximum Gasteiger partial charge on any atom is 0.354 e. The molecule has 0 N–H and O–H groups in total. The Morgan fingerprint density at radius 2 is 1.86 bits per heavy atom. The van der Waals surface area contributed by atoms with Crippen molar-refractivity contribution < 1.29 is 9.53 Å². The Labute approximate surface area is 85.9 Å². The van der Waals surface area contributed by atoms with Crippen molar-refractivity contribution in [1.29, 1.82) is 0 Å². The van der Waals surface area contributed by atoms with Gasteiger partial charge in [-0.2, -0.15) is 5.10 Å². The minimum Gasteiger partial charge on any atom is -0.455 e. The molecule has 0 saturated carbocycles. The fraction of sp³-hybridized carbons (Fsp3) is 0.800. The summed E-state index contributed by atoms with van der Waals surface area (Å²) >= 11 is 0. The molecule has 0 aliphatic rings. The van der Waals surface area contributed by atoms with E-state index in [0.717, 1.165) is 0 Å². The molecule has 4 heteroatoms. The lowest BCUT2D eigenvalue weighted by Crippen LogP contribution is -2.29. The molecule has 0 fully saturated rings. The summed E-state index contributed by atoms with van der Waals surface area (Å²) in [6.45, 7) is 7.40. The van der Waals surface area contributed by atoms with Crippen molar-refractivity contribution in [2.45, 2.75) is 39.7 Å². The molecule has 0 unspecified atom stereocenters. The number of hydrogen-bond acceptors (Lipinski definition) is 4. The van der Waals surface area contributed by atoms with Gasteiger partial charge >= 0.3 is 5.97 Å². The van der Waals surface area contributed by atoms with Crippen LogP contribution in [0.2, 0.25) is 0 Å². The van der Waals surface area contributed by atoms with Crippen LogP contribution in [0.5, 0.6) is 0 Å². The number of rotatable bonds is 3. The summed E-state index contributed by atoms with van der Waals surface area (Å²) in [7, 11) is 3.56. The van der Waals surface area contributed by atoms with Crippen LogP contribution in [-0.2, 0) is 9.53 Å². The molecular formula is C10H20N2O2. The SMILES string of the molecule is CC/C(=N\N(C)C)C(=O)OC(C)(C)C. The Balaban J connectivity index is 4.49. The van der Waals surface area contributed by atoms with E-state index in [0.29, 0.717) is 12.1 Å². The van der Waals surface area contributed by atoms with E-state index in [1.54, 1.807) is 19.1 Å². The quantitative estimate of drug-likeness (QED) is 0.395. The Morgan fingerprint density at radius 1 is 1.36 bits per heavy atom. The molecule has 0 aromatic rings. The first-order valence-corrected chi connectivity index (χ1v) is 4.74. The molecule has 0 aromatic carbocycles. The number of hydrogen-bond donors (Lipinski definition) is 0. The smallest absolute Gasteiger partial charge is 0.354 e. The van der Waals surface area contributed by atoms with Gasteiger partial charge in [-0.25, -0.2) is 4.79 Å². The second kappa shape index (κ2) is 4.98. The zero-order chi connectivity index (χ0) is 11.4. The number of nitrogens with zero attached hydrogens (tertiary/aromatic N) is 2. The van der Waals surface area contributed by atoms with Crippen LogP contribution >= 0.6 is 0 Å². The van der Waals surface area contributed by atoms with Crippen molar-refractivity contribution in [3.05, 3.63) is 0 Å². The number of hydrazone groups is 1. The first-order chi connectivity index (χ1) is 6.26. The van der Waals surface area contributed by atoms with Crippen molar-refractivity contribution in [1.82, 2.24) is 5.01 Å². The Kier molecular flexibility index (Phi) is 4.60. The van der Waals surface area contributed by atoms with E-state index in [1.165, 1.54) is 0 Å². The minimum absolute atomic E-state index is 0.339. The molecule has 82 valence electrons. The summed E-state index contributed by atoms with van der Waals surface area (Å²) in [6.07, 6.45) is 0.576. The van der Waals surface area contributed by atoms with E-state index in [9.17, 15) is 4.79 Å². The Hall–Kier alpha value is -1.06.